The first-order valence-corrected chi connectivity index (χ1v) is 8.83. The summed E-state index contributed by atoms with van der Waals surface area (Å²) in [6, 6.07) is 5.16. The van der Waals surface area contributed by atoms with E-state index in [9.17, 15) is 13.2 Å². The number of fused-ring (bicyclic) bond motifs is 1. The number of hydrogen-bond donors (Lipinski definition) is 1. The van der Waals surface area contributed by atoms with Gasteiger partial charge in [-0.3, -0.25) is 4.31 Å². The van der Waals surface area contributed by atoms with Crippen molar-refractivity contribution in [2.24, 2.45) is 0 Å². The minimum absolute atomic E-state index is 0.00418. The van der Waals surface area contributed by atoms with Gasteiger partial charge in [-0.15, -0.1) is 0 Å². The van der Waals surface area contributed by atoms with Crippen LogP contribution >= 0.6 is 23.2 Å². The predicted octanol–water partition coefficient (Wildman–Crippen LogP) is 2.67. The molecule has 1 aliphatic rings. The standard InChI is InChI=1S/C14H10Cl2N2O5S/c15-9-4-10(16)6-11(5-9)24(21,22)18-1-2-23-13-12(18)3-8(7-17-13)14(19)20/h3-7H,1-2H2,(H,19,20). The molecule has 3 rings (SSSR count). The summed E-state index contributed by atoms with van der Waals surface area (Å²) >= 11 is 11.8. The molecule has 24 heavy (non-hydrogen) atoms. The molecule has 1 N–H and O–H groups in total. The lowest BCUT2D eigenvalue weighted by molar-refractivity contribution is 0.0696. The molecule has 0 unspecified atom stereocenters. The highest BCUT2D eigenvalue weighted by atomic mass is 35.5. The fourth-order valence-corrected chi connectivity index (χ4v) is 4.41. The number of carboxylic acids is 1. The maximum atomic E-state index is 12.9. The van der Waals surface area contributed by atoms with Gasteiger partial charge in [-0.1, -0.05) is 23.2 Å². The van der Waals surface area contributed by atoms with Crippen LogP contribution in [0, 0.1) is 0 Å². The lowest BCUT2D eigenvalue weighted by Crippen LogP contribution is -2.38. The third-order valence-electron chi connectivity index (χ3n) is 3.31. The Morgan fingerprint density at radius 2 is 1.88 bits per heavy atom. The molecule has 1 aromatic carbocycles. The molecule has 2 aromatic rings. The molecule has 0 saturated carbocycles. The zero-order valence-corrected chi connectivity index (χ0v) is 14.3. The van der Waals surface area contributed by atoms with Crippen molar-refractivity contribution in [3.05, 3.63) is 46.1 Å². The van der Waals surface area contributed by atoms with Crippen LogP contribution in [0.1, 0.15) is 10.4 Å². The smallest absolute Gasteiger partial charge is 0.337 e. The molecule has 0 saturated heterocycles. The summed E-state index contributed by atoms with van der Waals surface area (Å²) in [6.45, 7) is 0.0875. The third-order valence-corrected chi connectivity index (χ3v) is 5.53. The molecule has 10 heteroatoms. The van der Waals surface area contributed by atoms with Crippen LogP contribution in [0.4, 0.5) is 5.69 Å². The largest absolute Gasteiger partial charge is 0.478 e. The van der Waals surface area contributed by atoms with Crippen LogP contribution < -0.4 is 9.04 Å². The number of sulfonamides is 1. The van der Waals surface area contributed by atoms with E-state index < -0.39 is 16.0 Å². The number of ether oxygens (including phenoxy) is 1. The first-order chi connectivity index (χ1) is 11.3. The highest BCUT2D eigenvalue weighted by molar-refractivity contribution is 7.92. The van der Waals surface area contributed by atoms with Gasteiger partial charge in [0.2, 0.25) is 5.88 Å². The fourth-order valence-electron chi connectivity index (χ4n) is 2.25. The van der Waals surface area contributed by atoms with Gasteiger partial charge in [0.25, 0.3) is 10.0 Å². The molecule has 0 aliphatic carbocycles. The molecule has 0 fully saturated rings. The molecule has 7 nitrogen and oxygen atoms in total. The van der Waals surface area contributed by atoms with Crippen molar-refractivity contribution in [1.82, 2.24) is 4.98 Å². The van der Waals surface area contributed by atoms with Crippen LogP contribution in [0.5, 0.6) is 5.88 Å². The van der Waals surface area contributed by atoms with Gasteiger partial charge in [0.1, 0.15) is 12.3 Å². The van der Waals surface area contributed by atoms with E-state index in [4.69, 9.17) is 33.0 Å². The lowest BCUT2D eigenvalue weighted by Gasteiger charge is -2.29. The Balaban J connectivity index is 2.14. The molecule has 0 radical (unpaired) electrons. The number of aromatic carboxylic acids is 1. The summed E-state index contributed by atoms with van der Waals surface area (Å²) in [5.74, 6) is -1.18. The number of aromatic nitrogens is 1. The van der Waals surface area contributed by atoms with Crippen molar-refractivity contribution in [2.45, 2.75) is 4.90 Å². The Kier molecular flexibility index (Phi) is 4.29. The van der Waals surface area contributed by atoms with Crippen LogP contribution in [0.2, 0.25) is 10.0 Å². The second-order valence-corrected chi connectivity index (χ2v) is 7.62. The molecular formula is C14H10Cl2N2O5S. The summed E-state index contributed by atoms with van der Waals surface area (Å²) in [4.78, 5) is 14.9. The number of carboxylic acid groups (broad SMARTS) is 1. The molecule has 0 atom stereocenters. The van der Waals surface area contributed by atoms with Crippen molar-refractivity contribution in [1.29, 1.82) is 0 Å². The Bertz CT molecular complexity index is 913. The number of benzene rings is 1. The molecule has 0 amide bonds. The van der Waals surface area contributed by atoms with Gasteiger partial charge in [-0.25, -0.2) is 18.2 Å². The summed E-state index contributed by atoms with van der Waals surface area (Å²) in [7, 11) is -4.01. The monoisotopic (exact) mass is 388 g/mol. The number of rotatable bonds is 3. The Morgan fingerprint density at radius 3 is 2.50 bits per heavy atom. The third kappa shape index (κ3) is 3.00. The van der Waals surface area contributed by atoms with Crippen molar-refractivity contribution in [2.75, 3.05) is 17.5 Å². The number of nitrogens with zero attached hydrogens (tertiary/aromatic N) is 2. The molecule has 0 spiro atoms. The van der Waals surface area contributed by atoms with E-state index in [1.807, 2.05) is 0 Å². The van der Waals surface area contributed by atoms with Gasteiger partial charge >= 0.3 is 5.97 Å². The zero-order valence-electron chi connectivity index (χ0n) is 11.9. The molecule has 0 bridgehead atoms. The van der Waals surface area contributed by atoms with Crippen LogP contribution in [-0.4, -0.2) is 37.6 Å². The topological polar surface area (TPSA) is 96.8 Å². The average molecular weight is 389 g/mol. The van der Waals surface area contributed by atoms with Crippen molar-refractivity contribution >= 4 is 44.9 Å². The summed E-state index contributed by atoms with van der Waals surface area (Å²) in [5, 5.41) is 9.43. The van der Waals surface area contributed by atoms with Gasteiger partial charge in [-0.05, 0) is 24.3 Å². The Hall–Kier alpha value is -2.03. The van der Waals surface area contributed by atoms with E-state index >= 15 is 0 Å². The highest BCUT2D eigenvalue weighted by Crippen LogP contribution is 2.35. The van der Waals surface area contributed by atoms with Gasteiger partial charge in [0.05, 0.1) is 17.0 Å². The van der Waals surface area contributed by atoms with E-state index in [0.29, 0.717) is 0 Å². The number of halogens is 2. The quantitative estimate of drug-likeness (QED) is 0.867. The van der Waals surface area contributed by atoms with Gasteiger partial charge < -0.3 is 9.84 Å². The minimum atomic E-state index is -4.01. The molecule has 1 aliphatic heterocycles. The summed E-state index contributed by atoms with van der Waals surface area (Å²) < 4.78 is 32.2. The predicted molar refractivity (Wildman–Crippen MR) is 87.7 cm³/mol. The second kappa shape index (κ2) is 6.12. The van der Waals surface area contributed by atoms with Crippen molar-refractivity contribution in [3.8, 4) is 5.88 Å². The van der Waals surface area contributed by atoms with Crippen LogP contribution in [0.3, 0.4) is 0 Å². The maximum absolute atomic E-state index is 12.9. The Labute approximate surface area is 147 Å². The summed E-state index contributed by atoms with van der Waals surface area (Å²) in [6.07, 6.45) is 1.10. The van der Waals surface area contributed by atoms with E-state index in [1.165, 1.54) is 24.3 Å². The molecule has 2 heterocycles. The van der Waals surface area contributed by atoms with Crippen molar-refractivity contribution < 1.29 is 23.1 Å². The van der Waals surface area contributed by atoms with Crippen molar-refractivity contribution in [3.63, 3.8) is 0 Å². The second-order valence-electron chi connectivity index (χ2n) is 4.88. The fraction of sp³-hybridized carbons (Fsp3) is 0.143. The van der Waals surface area contributed by atoms with E-state index in [0.717, 1.165) is 10.5 Å². The first-order valence-electron chi connectivity index (χ1n) is 6.64. The van der Waals surface area contributed by atoms with Crippen LogP contribution in [-0.2, 0) is 10.0 Å². The van der Waals surface area contributed by atoms with E-state index in [-0.39, 0.29) is 45.2 Å². The molecular weight excluding hydrogens is 379 g/mol. The van der Waals surface area contributed by atoms with E-state index in [1.54, 1.807) is 0 Å². The normalized spacial score (nSPS) is 14.0. The first kappa shape index (κ1) is 16.8. The average Bonchev–Trinajstić information content (AvgIpc) is 2.52. The van der Waals surface area contributed by atoms with Crippen LogP contribution in [0.15, 0.2) is 35.4 Å². The lowest BCUT2D eigenvalue weighted by atomic mass is 10.2. The highest BCUT2D eigenvalue weighted by Gasteiger charge is 2.32. The summed E-state index contributed by atoms with van der Waals surface area (Å²) in [5.41, 5.74) is -0.0965. The maximum Gasteiger partial charge on any atom is 0.337 e. The van der Waals surface area contributed by atoms with Gasteiger partial charge in [0, 0.05) is 16.2 Å². The Morgan fingerprint density at radius 1 is 1.21 bits per heavy atom. The molecule has 1 aromatic heterocycles. The molecule has 126 valence electrons. The number of carbonyl (C=O) groups is 1. The van der Waals surface area contributed by atoms with Crippen LogP contribution in [0.25, 0.3) is 0 Å². The van der Waals surface area contributed by atoms with E-state index in [2.05, 4.69) is 4.98 Å². The van der Waals surface area contributed by atoms with Gasteiger partial charge in [-0.2, -0.15) is 0 Å². The number of anilines is 1. The minimum Gasteiger partial charge on any atom is -0.478 e. The van der Waals surface area contributed by atoms with Gasteiger partial charge in [0.15, 0.2) is 0 Å². The zero-order chi connectivity index (χ0) is 17.5. The number of hydrogen-bond acceptors (Lipinski definition) is 5. The SMILES string of the molecule is O=C(O)c1cnc2c(c1)N(S(=O)(=O)c1cc(Cl)cc(Cl)c1)CCO2. The number of pyridine rings is 1.